The van der Waals surface area contributed by atoms with Gasteiger partial charge in [0.1, 0.15) is 5.78 Å². The lowest BCUT2D eigenvalue weighted by Crippen LogP contribution is -2.49. The normalized spacial score (nSPS) is 28.6. The lowest BCUT2D eigenvalue weighted by Gasteiger charge is -2.42. The van der Waals surface area contributed by atoms with Gasteiger partial charge in [0.25, 0.3) is 0 Å². The first kappa shape index (κ1) is 12.7. The molecule has 0 unspecified atom stereocenters. The molecule has 0 spiro atoms. The fraction of sp³-hybridized carbons (Fsp3) is 0.938. The molecule has 0 saturated heterocycles. The summed E-state index contributed by atoms with van der Waals surface area (Å²) in [4.78, 5) is 14.4. The van der Waals surface area contributed by atoms with E-state index >= 15 is 0 Å². The highest BCUT2D eigenvalue weighted by molar-refractivity contribution is 5.79. The topological polar surface area (TPSA) is 20.3 Å². The Labute approximate surface area is 111 Å². The summed E-state index contributed by atoms with van der Waals surface area (Å²) in [7, 11) is 0. The molecule has 3 fully saturated rings. The number of hydrogen-bond donors (Lipinski definition) is 0. The van der Waals surface area contributed by atoms with Crippen LogP contribution in [0.4, 0.5) is 0 Å². The number of carbonyl (C=O) groups is 1. The molecule has 0 radical (unpaired) electrons. The lowest BCUT2D eigenvalue weighted by molar-refractivity contribution is -0.121. The summed E-state index contributed by atoms with van der Waals surface area (Å²) in [6.07, 6.45) is 15.4. The summed E-state index contributed by atoms with van der Waals surface area (Å²) in [6.45, 7) is 0. The van der Waals surface area contributed by atoms with E-state index in [4.69, 9.17) is 0 Å². The number of hydrogen-bond acceptors (Lipinski definition) is 2. The van der Waals surface area contributed by atoms with Crippen LogP contribution in [-0.4, -0.2) is 28.8 Å². The third-order valence-corrected chi connectivity index (χ3v) is 5.43. The zero-order valence-electron chi connectivity index (χ0n) is 11.6. The fourth-order valence-electron chi connectivity index (χ4n) is 4.52. The first-order chi connectivity index (χ1) is 8.84. The van der Waals surface area contributed by atoms with Crippen molar-refractivity contribution in [2.45, 2.75) is 95.2 Å². The maximum atomic E-state index is 11.5. The van der Waals surface area contributed by atoms with Crippen molar-refractivity contribution in [1.29, 1.82) is 0 Å². The van der Waals surface area contributed by atoms with Crippen LogP contribution in [-0.2, 0) is 4.79 Å². The maximum Gasteiger partial charge on any atom is 0.133 e. The highest BCUT2D eigenvalue weighted by Crippen LogP contribution is 2.36. The Morgan fingerprint density at radius 2 is 1.06 bits per heavy atom. The van der Waals surface area contributed by atoms with E-state index in [-0.39, 0.29) is 0 Å². The summed E-state index contributed by atoms with van der Waals surface area (Å²) < 4.78 is 0. The predicted octanol–water partition coefficient (Wildman–Crippen LogP) is 3.69. The summed E-state index contributed by atoms with van der Waals surface area (Å²) in [5, 5.41) is 0. The number of Topliss-reactive ketones (excluding diaryl/α,β-unsaturated/α-hetero) is 1. The molecule has 0 aromatic rings. The summed E-state index contributed by atoms with van der Waals surface area (Å²) >= 11 is 0. The van der Waals surface area contributed by atoms with Gasteiger partial charge in [0.15, 0.2) is 0 Å². The van der Waals surface area contributed by atoms with Gasteiger partial charge in [0.05, 0.1) is 0 Å². The molecule has 3 saturated carbocycles. The number of nitrogens with zero attached hydrogens (tertiary/aromatic N) is 1. The average Bonchev–Trinajstić information content (AvgIpc) is 3.06. The van der Waals surface area contributed by atoms with Gasteiger partial charge in [-0.25, -0.2) is 0 Å². The molecule has 2 nitrogen and oxygen atoms in total. The molecule has 102 valence electrons. The van der Waals surface area contributed by atoms with Gasteiger partial charge in [-0.05, 0) is 38.5 Å². The van der Waals surface area contributed by atoms with Crippen LogP contribution in [0.15, 0.2) is 0 Å². The molecular weight excluding hydrogens is 222 g/mol. The SMILES string of the molecule is O=C1CCC(N(C2CCCC2)C2CCCC2)CC1. The Kier molecular flexibility index (Phi) is 4.03. The van der Waals surface area contributed by atoms with Crippen LogP contribution in [0.2, 0.25) is 0 Å². The zero-order valence-corrected chi connectivity index (χ0v) is 11.6. The molecular formula is C16H27NO. The minimum absolute atomic E-state index is 0.504. The second kappa shape index (κ2) is 5.73. The van der Waals surface area contributed by atoms with Crippen molar-refractivity contribution in [1.82, 2.24) is 4.90 Å². The van der Waals surface area contributed by atoms with Crippen LogP contribution < -0.4 is 0 Å². The van der Waals surface area contributed by atoms with Gasteiger partial charge in [0.2, 0.25) is 0 Å². The second-order valence-corrected chi connectivity index (χ2v) is 6.59. The Morgan fingerprint density at radius 3 is 1.50 bits per heavy atom. The van der Waals surface area contributed by atoms with Gasteiger partial charge in [-0.1, -0.05) is 25.7 Å². The van der Waals surface area contributed by atoms with E-state index < -0.39 is 0 Å². The molecule has 2 heteroatoms. The van der Waals surface area contributed by atoms with E-state index in [1.807, 2.05) is 0 Å². The third-order valence-electron chi connectivity index (χ3n) is 5.43. The quantitative estimate of drug-likeness (QED) is 0.760. The van der Waals surface area contributed by atoms with Crippen LogP contribution in [0.25, 0.3) is 0 Å². The highest BCUT2D eigenvalue weighted by atomic mass is 16.1. The largest absolute Gasteiger partial charge is 0.300 e. The molecule has 0 atom stereocenters. The Balaban J connectivity index is 1.69. The molecule has 3 aliphatic carbocycles. The van der Waals surface area contributed by atoms with Crippen molar-refractivity contribution in [3.63, 3.8) is 0 Å². The van der Waals surface area contributed by atoms with E-state index in [1.54, 1.807) is 0 Å². The molecule has 0 aromatic heterocycles. The minimum Gasteiger partial charge on any atom is -0.300 e. The summed E-state index contributed by atoms with van der Waals surface area (Å²) in [5.74, 6) is 0.504. The standard InChI is InChI=1S/C16H27NO/c18-16-11-9-15(10-12-16)17(13-5-1-2-6-13)14-7-3-4-8-14/h13-15H,1-12H2. The van der Waals surface area contributed by atoms with E-state index in [1.165, 1.54) is 51.4 Å². The molecule has 18 heavy (non-hydrogen) atoms. The number of rotatable bonds is 3. The van der Waals surface area contributed by atoms with Crippen molar-refractivity contribution in [2.75, 3.05) is 0 Å². The van der Waals surface area contributed by atoms with E-state index in [9.17, 15) is 4.79 Å². The first-order valence-electron chi connectivity index (χ1n) is 8.14. The maximum absolute atomic E-state index is 11.5. The van der Waals surface area contributed by atoms with E-state index in [0.717, 1.165) is 43.8 Å². The van der Waals surface area contributed by atoms with Gasteiger partial charge in [-0.2, -0.15) is 0 Å². The zero-order chi connectivity index (χ0) is 12.4. The van der Waals surface area contributed by atoms with Crippen molar-refractivity contribution < 1.29 is 4.79 Å². The Morgan fingerprint density at radius 1 is 0.667 bits per heavy atom. The van der Waals surface area contributed by atoms with E-state index in [2.05, 4.69) is 4.90 Å². The van der Waals surface area contributed by atoms with Crippen LogP contribution >= 0.6 is 0 Å². The lowest BCUT2D eigenvalue weighted by atomic mass is 9.90. The predicted molar refractivity (Wildman–Crippen MR) is 73.6 cm³/mol. The summed E-state index contributed by atoms with van der Waals surface area (Å²) in [6, 6.07) is 2.44. The van der Waals surface area contributed by atoms with Crippen molar-refractivity contribution >= 4 is 5.78 Å². The molecule has 0 amide bonds. The molecule has 0 aliphatic heterocycles. The number of carbonyl (C=O) groups excluding carboxylic acids is 1. The average molecular weight is 249 g/mol. The second-order valence-electron chi connectivity index (χ2n) is 6.59. The monoisotopic (exact) mass is 249 g/mol. The summed E-state index contributed by atoms with van der Waals surface area (Å²) in [5.41, 5.74) is 0. The molecule has 0 aromatic carbocycles. The van der Waals surface area contributed by atoms with Gasteiger partial charge in [-0.3, -0.25) is 9.69 Å². The van der Waals surface area contributed by atoms with Crippen molar-refractivity contribution in [3.8, 4) is 0 Å². The van der Waals surface area contributed by atoms with Crippen LogP contribution in [0, 0.1) is 0 Å². The Bertz CT molecular complexity index is 263. The fourth-order valence-corrected chi connectivity index (χ4v) is 4.52. The highest BCUT2D eigenvalue weighted by Gasteiger charge is 2.36. The van der Waals surface area contributed by atoms with Gasteiger partial charge in [0, 0.05) is 31.0 Å². The number of ketones is 1. The third kappa shape index (κ3) is 2.64. The first-order valence-corrected chi connectivity index (χ1v) is 8.14. The molecule has 0 bridgehead atoms. The van der Waals surface area contributed by atoms with E-state index in [0.29, 0.717) is 5.78 Å². The Hall–Kier alpha value is -0.370. The van der Waals surface area contributed by atoms with Crippen LogP contribution in [0.5, 0.6) is 0 Å². The molecule has 3 rings (SSSR count). The molecule has 0 N–H and O–H groups in total. The molecule has 3 aliphatic rings. The van der Waals surface area contributed by atoms with Crippen molar-refractivity contribution in [2.24, 2.45) is 0 Å². The van der Waals surface area contributed by atoms with Crippen molar-refractivity contribution in [3.05, 3.63) is 0 Å². The molecule has 0 heterocycles. The van der Waals surface area contributed by atoms with Gasteiger partial charge >= 0.3 is 0 Å². The minimum atomic E-state index is 0.504. The van der Waals surface area contributed by atoms with Crippen LogP contribution in [0.3, 0.4) is 0 Å². The smallest absolute Gasteiger partial charge is 0.133 e. The van der Waals surface area contributed by atoms with Crippen LogP contribution in [0.1, 0.15) is 77.0 Å². The van der Waals surface area contributed by atoms with Gasteiger partial charge in [-0.15, -0.1) is 0 Å². The van der Waals surface area contributed by atoms with Gasteiger partial charge < -0.3 is 0 Å².